The molecule has 0 saturated carbocycles. The molecule has 1 aromatic carbocycles. The number of nitrogens with one attached hydrogen (secondary N) is 1. The lowest BCUT2D eigenvalue weighted by Gasteiger charge is -2.19. The van der Waals surface area contributed by atoms with Crippen LogP contribution < -0.4 is 5.56 Å². The summed E-state index contributed by atoms with van der Waals surface area (Å²) in [4.78, 5) is 43.4. The van der Waals surface area contributed by atoms with Crippen LogP contribution in [0.4, 0.5) is 0 Å². The number of hydrogen-bond acceptors (Lipinski definition) is 5. The molecule has 0 aliphatic carbocycles. The summed E-state index contributed by atoms with van der Waals surface area (Å²) in [7, 11) is 1.61. The monoisotopic (exact) mass is 363 g/mol. The number of hydrogen-bond donors (Lipinski definition) is 2. The van der Waals surface area contributed by atoms with Gasteiger partial charge in [-0.15, -0.1) is 0 Å². The third kappa shape index (κ3) is 5.32. The van der Waals surface area contributed by atoms with E-state index in [1.807, 2.05) is 6.07 Å². The Hall–Kier alpha value is -2.35. The van der Waals surface area contributed by atoms with E-state index in [4.69, 9.17) is 5.11 Å². The number of aromatic nitrogens is 2. The van der Waals surface area contributed by atoms with Crippen molar-refractivity contribution in [1.29, 1.82) is 0 Å². The highest BCUT2D eigenvalue weighted by Crippen LogP contribution is 2.12. The molecule has 0 aliphatic rings. The molecule has 0 radical (unpaired) electrons. The van der Waals surface area contributed by atoms with Crippen molar-refractivity contribution >= 4 is 34.5 Å². The number of para-hydroxylation sites is 1. The molecule has 0 aliphatic heterocycles. The lowest BCUT2D eigenvalue weighted by atomic mass is 10.2. The standard InChI is InChI=1S/C17H21N3O4S/c1-11(17(23)24)9-20(2)15(21)7-8-25-10-14-18-13-6-4-3-5-12(13)16(22)19-14/h3-6,11H,7-10H2,1-2H3,(H,23,24)(H,18,19,22). The average Bonchev–Trinajstić information content (AvgIpc) is 2.58. The predicted molar refractivity (Wildman–Crippen MR) is 97.6 cm³/mol. The van der Waals surface area contributed by atoms with Crippen LogP contribution >= 0.6 is 11.8 Å². The van der Waals surface area contributed by atoms with Crippen molar-refractivity contribution in [2.45, 2.75) is 19.1 Å². The van der Waals surface area contributed by atoms with Crippen LogP contribution in [0, 0.1) is 5.92 Å². The third-order valence-corrected chi connectivity index (χ3v) is 4.73. The van der Waals surface area contributed by atoms with E-state index in [9.17, 15) is 14.4 Å². The van der Waals surface area contributed by atoms with Gasteiger partial charge in [0.1, 0.15) is 5.82 Å². The summed E-state index contributed by atoms with van der Waals surface area (Å²) in [5, 5.41) is 9.43. The molecule has 8 heteroatoms. The van der Waals surface area contributed by atoms with Crippen molar-refractivity contribution in [3.63, 3.8) is 0 Å². The third-order valence-electron chi connectivity index (χ3n) is 3.76. The lowest BCUT2D eigenvalue weighted by Crippen LogP contribution is -2.33. The number of aliphatic carboxylic acids is 1. The van der Waals surface area contributed by atoms with Crippen LogP contribution in [-0.2, 0) is 15.3 Å². The fourth-order valence-corrected chi connectivity index (χ4v) is 3.11. The van der Waals surface area contributed by atoms with Crippen LogP contribution in [0.1, 0.15) is 19.2 Å². The van der Waals surface area contributed by atoms with Gasteiger partial charge in [0, 0.05) is 25.8 Å². The van der Waals surface area contributed by atoms with Crippen molar-refractivity contribution in [2.24, 2.45) is 5.92 Å². The molecule has 2 rings (SSSR count). The van der Waals surface area contributed by atoms with Crippen LogP contribution in [0.3, 0.4) is 0 Å². The largest absolute Gasteiger partial charge is 0.481 e. The second-order valence-corrected chi connectivity index (χ2v) is 6.95. The maximum absolute atomic E-state index is 12.0. The van der Waals surface area contributed by atoms with E-state index < -0.39 is 11.9 Å². The Balaban J connectivity index is 1.82. The zero-order valence-electron chi connectivity index (χ0n) is 14.2. The first-order chi connectivity index (χ1) is 11.9. The maximum atomic E-state index is 12.0. The summed E-state index contributed by atoms with van der Waals surface area (Å²) < 4.78 is 0. The normalized spacial score (nSPS) is 12.1. The van der Waals surface area contributed by atoms with Gasteiger partial charge in [-0.1, -0.05) is 19.1 Å². The molecule has 0 fully saturated rings. The molecule has 0 saturated heterocycles. The molecule has 1 aromatic heterocycles. The van der Waals surface area contributed by atoms with Crippen LogP contribution in [0.15, 0.2) is 29.1 Å². The second-order valence-electron chi connectivity index (χ2n) is 5.85. The number of carbonyl (C=O) groups is 2. The molecule has 25 heavy (non-hydrogen) atoms. The zero-order valence-corrected chi connectivity index (χ0v) is 15.0. The van der Waals surface area contributed by atoms with E-state index in [2.05, 4.69) is 9.97 Å². The number of aromatic amines is 1. The second kappa shape index (κ2) is 8.66. The molecule has 1 amide bonds. The van der Waals surface area contributed by atoms with Crippen LogP contribution in [-0.4, -0.2) is 51.2 Å². The first-order valence-corrected chi connectivity index (χ1v) is 9.06. The maximum Gasteiger partial charge on any atom is 0.308 e. The van der Waals surface area contributed by atoms with Crippen molar-refractivity contribution < 1.29 is 14.7 Å². The van der Waals surface area contributed by atoms with E-state index in [1.165, 1.54) is 16.7 Å². The SMILES string of the molecule is CC(CN(C)C(=O)CCSCc1nc2ccccc2c(=O)[nH]1)C(=O)O. The number of fused-ring (bicyclic) bond motifs is 1. The fraction of sp³-hybridized carbons (Fsp3) is 0.412. The van der Waals surface area contributed by atoms with Gasteiger partial charge in [-0.05, 0) is 12.1 Å². The van der Waals surface area contributed by atoms with Crippen molar-refractivity contribution in [2.75, 3.05) is 19.3 Å². The molecule has 0 bridgehead atoms. The van der Waals surface area contributed by atoms with Gasteiger partial charge in [0.05, 0.1) is 22.6 Å². The van der Waals surface area contributed by atoms with Gasteiger partial charge in [-0.3, -0.25) is 14.4 Å². The Morgan fingerprint density at radius 2 is 2.08 bits per heavy atom. The van der Waals surface area contributed by atoms with Gasteiger partial charge in [0.25, 0.3) is 5.56 Å². The first-order valence-electron chi connectivity index (χ1n) is 7.91. The van der Waals surface area contributed by atoms with Crippen LogP contribution in [0.25, 0.3) is 10.9 Å². The number of H-pyrrole nitrogens is 1. The number of rotatable bonds is 8. The highest BCUT2D eigenvalue weighted by atomic mass is 32.2. The van der Waals surface area contributed by atoms with Gasteiger partial charge in [0.2, 0.25) is 5.91 Å². The summed E-state index contributed by atoms with van der Waals surface area (Å²) in [6.07, 6.45) is 0.311. The summed E-state index contributed by atoms with van der Waals surface area (Å²) in [5.41, 5.74) is 0.486. The highest BCUT2D eigenvalue weighted by Gasteiger charge is 2.17. The molecule has 2 N–H and O–H groups in total. The molecular formula is C17H21N3O4S. The summed E-state index contributed by atoms with van der Waals surface area (Å²) in [6.45, 7) is 1.76. The summed E-state index contributed by atoms with van der Waals surface area (Å²) in [5.74, 6) is 0.0485. The van der Waals surface area contributed by atoms with Gasteiger partial charge in [0.15, 0.2) is 0 Å². The van der Waals surface area contributed by atoms with E-state index >= 15 is 0 Å². The van der Waals surface area contributed by atoms with Crippen LogP contribution in [0.2, 0.25) is 0 Å². The number of amides is 1. The van der Waals surface area contributed by atoms with Gasteiger partial charge < -0.3 is 15.0 Å². The number of thioether (sulfide) groups is 1. The van der Waals surface area contributed by atoms with Crippen molar-refractivity contribution in [3.8, 4) is 0 Å². The van der Waals surface area contributed by atoms with Gasteiger partial charge in [-0.2, -0.15) is 11.8 Å². The fourth-order valence-electron chi connectivity index (χ4n) is 2.31. The van der Waals surface area contributed by atoms with Crippen molar-refractivity contribution in [1.82, 2.24) is 14.9 Å². The topological polar surface area (TPSA) is 103 Å². The Labute approximate surface area is 149 Å². The quantitative estimate of drug-likeness (QED) is 0.692. The highest BCUT2D eigenvalue weighted by molar-refractivity contribution is 7.98. The minimum Gasteiger partial charge on any atom is -0.481 e. The molecule has 2 aromatic rings. The minimum atomic E-state index is -0.916. The number of benzene rings is 1. The van der Waals surface area contributed by atoms with E-state index in [1.54, 1.807) is 32.2 Å². The molecule has 1 atom stereocenters. The minimum absolute atomic E-state index is 0.0967. The number of carboxylic acids is 1. The Morgan fingerprint density at radius 1 is 1.36 bits per heavy atom. The predicted octanol–water partition coefficient (Wildman–Crippen LogP) is 1.73. The molecular weight excluding hydrogens is 342 g/mol. The molecule has 7 nitrogen and oxygen atoms in total. The van der Waals surface area contributed by atoms with Gasteiger partial charge >= 0.3 is 5.97 Å². The molecule has 0 spiro atoms. The zero-order chi connectivity index (χ0) is 18.4. The molecule has 134 valence electrons. The van der Waals surface area contributed by atoms with Gasteiger partial charge in [-0.25, -0.2) is 4.98 Å². The molecule has 1 heterocycles. The van der Waals surface area contributed by atoms with E-state index in [0.29, 0.717) is 34.7 Å². The average molecular weight is 363 g/mol. The lowest BCUT2D eigenvalue weighted by molar-refractivity contribution is -0.142. The summed E-state index contributed by atoms with van der Waals surface area (Å²) in [6, 6.07) is 7.14. The number of carboxylic acid groups (broad SMARTS) is 1. The van der Waals surface area contributed by atoms with E-state index in [-0.39, 0.29) is 18.0 Å². The molecule has 1 unspecified atom stereocenters. The van der Waals surface area contributed by atoms with E-state index in [0.717, 1.165) is 0 Å². The first kappa shape index (κ1) is 19.0. The van der Waals surface area contributed by atoms with Crippen molar-refractivity contribution in [3.05, 3.63) is 40.4 Å². The number of nitrogens with zero attached hydrogens (tertiary/aromatic N) is 2. The Morgan fingerprint density at radius 3 is 2.80 bits per heavy atom. The smallest absolute Gasteiger partial charge is 0.308 e. The summed E-state index contributed by atoms with van der Waals surface area (Å²) >= 11 is 1.50. The Kier molecular flexibility index (Phi) is 6.58. The van der Waals surface area contributed by atoms with Crippen LogP contribution in [0.5, 0.6) is 0 Å². The number of carbonyl (C=O) groups excluding carboxylic acids is 1. The Bertz CT molecular complexity index is 821.